The zero-order chi connectivity index (χ0) is 16.8. The van der Waals surface area contributed by atoms with Crippen LogP contribution in [0, 0.1) is 0 Å². The standard InChI is InChI=1S/C15H13ClN2O4S/c1-2-22-12(20)8-7-11(19)17-18-15(21)14-13(16)9-5-3-4-6-10(9)23-14/h3-8H,2H2,1H3,(H,17,19)(H,18,21). The number of nitrogens with one attached hydrogen (secondary N) is 2. The number of rotatable bonds is 4. The summed E-state index contributed by atoms with van der Waals surface area (Å²) in [6.45, 7) is 1.87. The largest absolute Gasteiger partial charge is 0.463 e. The maximum absolute atomic E-state index is 12.1. The summed E-state index contributed by atoms with van der Waals surface area (Å²) in [5.74, 6) is -1.83. The summed E-state index contributed by atoms with van der Waals surface area (Å²) in [5.41, 5.74) is 4.41. The molecular weight excluding hydrogens is 340 g/mol. The van der Waals surface area contributed by atoms with Crippen LogP contribution in [0.4, 0.5) is 0 Å². The highest BCUT2D eigenvalue weighted by molar-refractivity contribution is 7.21. The second-order valence-corrected chi connectivity index (χ2v) is 5.70. The molecule has 23 heavy (non-hydrogen) atoms. The van der Waals surface area contributed by atoms with E-state index in [9.17, 15) is 14.4 Å². The molecule has 1 aromatic carbocycles. The minimum Gasteiger partial charge on any atom is -0.463 e. The summed E-state index contributed by atoms with van der Waals surface area (Å²) >= 11 is 7.39. The third kappa shape index (κ3) is 4.30. The number of esters is 1. The number of hydrogen-bond donors (Lipinski definition) is 2. The fourth-order valence-corrected chi connectivity index (χ4v) is 3.12. The number of thiophene rings is 1. The van der Waals surface area contributed by atoms with Crippen LogP contribution in [0.25, 0.3) is 10.1 Å². The van der Waals surface area contributed by atoms with Gasteiger partial charge in [-0.3, -0.25) is 20.4 Å². The minimum atomic E-state index is -0.663. The number of fused-ring (bicyclic) bond motifs is 1. The molecule has 0 bridgehead atoms. The van der Waals surface area contributed by atoms with Crippen molar-refractivity contribution < 1.29 is 19.1 Å². The van der Waals surface area contributed by atoms with Gasteiger partial charge in [0.2, 0.25) is 0 Å². The molecule has 0 spiro atoms. The van der Waals surface area contributed by atoms with Crippen molar-refractivity contribution >= 4 is 50.8 Å². The first-order valence-corrected chi connectivity index (χ1v) is 7.84. The van der Waals surface area contributed by atoms with Crippen LogP contribution in [0.5, 0.6) is 0 Å². The average Bonchev–Trinajstić information content (AvgIpc) is 2.88. The molecule has 0 aliphatic carbocycles. The Bertz CT molecular complexity index is 785. The zero-order valence-corrected chi connectivity index (χ0v) is 13.7. The van der Waals surface area contributed by atoms with Gasteiger partial charge in [-0.1, -0.05) is 29.8 Å². The molecule has 6 nitrogen and oxygen atoms in total. The molecule has 8 heteroatoms. The van der Waals surface area contributed by atoms with Crippen LogP contribution in [-0.2, 0) is 14.3 Å². The van der Waals surface area contributed by atoms with Crippen LogP contribution in [0.3, 0.4) is 0 Å². The normalized spacial score (nSPS) is 10.7. The summed E-state index contributed by atoms with van der Waals surface area (Å²) in [6, 6.07) is 7.33. The lowest BCUT2D eigenvalue weighted by molar-refractivity contribution is -0.137. The number of halogens is 1. The van der Waals surface area contributed by atoms with Crippen LogP contribution in [-0.4, -0.2) is 24.4 Å². The average molecular weight is 353 g/mol. The highest BCUT2D eigenvalue weighted by Crippen LogP contribution is 2.34. The maximum Gasteiger partial charge on any atom is 0.330 e. The van der Waals surface area contributed by atoms with Gasteiger partial charge in [-0.2, -0.15) is 0 Å². The molecule has 0 atom stereocenters. The van der Waals surface area contributed by atoms with Crippen molar-refractivity contribution in [3.8, 4) is 0 Å². The smallest absolute Gasteiger partial charge is 0.330 e. The highest BCUT2D eigenvalue weighted by Gasteiger charge is 2.16. The number of amides is 2. The quantitative estimate of drug-likeness (QED) is 0.503. The fraction of sp³-hybridized carbons (Fsp3) is 0.133. The number of carbonyl (C=O) groups is 3. The molecule has 0 aliphatic rings. The summed E-state index contributed by atoms with van der Waals surface area (Å²) in [7, 11) is 0. The Morgan fingerprint density at radius 2 is 1.96 bits per heavy atom. The van der Waals surface area contributed by atoms with Crippen molar-refractivity contribution in [2.75, 3.05) is 6.61 Å². The van der Waals surface area contributed by atoms with Gasteiger partial charge in [-0.15, -0.1) is 11.3 Å². The first-order chi connectivity index (χ1) is 11.0. The van der Waals surface area contributed by atoms with Crippen molar-refractivity contribution in [3.05, 3.63) is 46.3 Å². The second-order valence-electron chi connectivity index (χ2n) is 4.27. The van der Waals surface area contributed by atoms with E-state index in [1.807, 2.05) is 24.3 Å². The Balaban J connectivity index is 1.97. The van der Waals surface area contributed by atoms with E-state index in [1.54, 1.807) is 6.92 Å². The third-order valence-corrected chi connectivity index (χ3v) is 4.37. The molecule has 1 aromatic heterocycles. The SMILES string of the molecule is CCOC(=O)C=CC(=O)NNC(=O)c1sc2ccccc2c1Cl. The maximum atomic E-state index is 12.1. The van der Waals surface area contributed by atoms with E-state index in [1.165, 1.54) is 11.3 Å². The van der Waals surface area contributed by atoms with E-state index < -0.39 is 17.8 Å². The van der Waals surface area contributed by atoms with Crippen molar-refractivity contribution in [1.29, 1.82) is 0 Å². The topological polar surface area (TPSA) is 84.5 Å². The van der Waals surface area contributed by atoms with Gasteiger partial charge in [-0.05, 0) is 13.0 Å². The Labute approximate surface area is 141 Å². The fourth-order valence-electron chi connectivity index (χ4n) is 1.71. The van der Waals surface area contributed by atoms with E-state index in [4.69, 9.17) is 11.6 Å². The monoisotopic (exact) mass is 352 g/mol. The van der Waals surface area contributed by atoms with Gasteiger partial charge in [0.25, 0.3) is 11.8 Å². The number of benzene rings is 1. The minimum absolute atomic E-state index is 0.214. The van der Waals surface area contributed by atoms with Gasteiger partial charge in [0.15, 0.2) is 0 Å². The second kappa shape index (κ2) is 7.75. The predicted molar refractivity (Wildman–Crippen MR) is 88.2 cm³/mol. The Morgan fingerprint density at radius 3 is 2.65 bits per heavy atom. The molecule has 0 unspecified atom stereocenters. The van der Waals surface area contributed by atoms with Crippen molar-refractivity contribution in [2.45, 2.75) is 6.92 Å². The van der Waals surface area contributed by atoms with Crippen LogP contribution >= 0.6 is 22.9 Å². The molecule has 0 saturated heterocycles. The van der Waals surface area contributed by atoms with Gasteiger partial charge >= 0.3 is 5.97 Å². The molecular formula is C15H13ClN2O4S. The van der Waals surface area contributed by atoms with Crippen LogP contribution in [0.2, 0.25) is 5.02 Å². The Hall–Kier alpha value is -2.38. The Kier molecular flexibility index (Phi) is 5.72. The molecule has 0 aliphatic heterocycles. The summed E-state index contributed by atoms with van der Waals surface area (Å²) in [6.07, 6.45) is 1.93. The van der Waals surface area contributed by atoms with Gasteiger partial charge in [-0.25, -0.2) is 4.79 Å². The highest BCUT2D eigenvalue weighted by atomic mass is 35.5. The van der Waals surface area contributed by atoms with Gasteiger partial charge in [0, 0.05) is 22.2 Å². The Morgan fingerprint density at radius 1 is 1.22 bits per heavy atom. The van der Waals surface area contributed by atoms with Gasteiger partial charge in [0.05, 0.1) is 11.6 Å². The first kappa shape index (κ1) is 17.0. The molecule has 2 N–H and O–H groups in total. The lowest BCUT2D eigenvalue weighted by Gasteiger charge is -2.03. The summed E-state index contributed by atoms with van der Waals surface area (Å²) in [4.78, 5) is 34.9. The molecule has 0 saturated carbocycles. The van der Waals surface area contributed by atoms with Gasteiger partial charge in [0.1, 0.15) is 4.88 Å². The van der Waals surface area contributed by atoms with Gasteiger partial charge < -0.3 is 4.74 Å². The van der Waals surface area contributed by atoms with Crippen LogP contribution < -0.4 is 10.9 Å². The molecule has 0 radical (unpaired) electrons. The molecule has 2 amide bonds. The molecule has 2 rings (SSSR count). The number of ether oxygens (including phenoxy) is 1. The van der Waals surface area contributed by atoms with Crippen molar-refractivity contribution in [3.63, 3.8) is 0 Å². The molecule has 0 fully saturated rings. The molecule has 120 valence electrons. The summed E-state index contributed by atoms with van der Waals surface area (Å²) in [5, 5.41) is 1.11. The first-order valence-electron chi connectivity index (χ1n) is 6.65. The zero-order valence-electron chi connectivity index (χ0n) is 12.1. The number of carbonyl (C=O) groups excluding carboxylic acids is 3. The third-order valence-electron chi connectivity index (χ3n) is 2.70. The predicted octanol–water partition coefficient (Wildman–Crippen LogP) is 2.44. The molecule has 2 aromatic rings. The summed E-state index contributed by atoms with van der Waals surface area (Å²) < 4.78 is 5.50. The number of hydrazine groups is 1. The van der Waals surface area contributed by atoms with E-state index >= 15 is 0 Å². The lowest BCUT2D eigenvalue weighted by atomic mass is 10.2. The van der Waals surface area contributed by atoms with E-state index in [2.05, 4.69) is 15.6 Å². The van der Waals surface area contributed by atoms with Crippen LogP contribution in [0.1, 0.15) is 16.6 Å². The van der Waals surface area contributed by atoms with Crippen molar-refractivity contribution in [1.82, 2.24) is 10.9 Å². The van der Waals surface area contributed by atoms with E-state index in [-0.39, 0.29) is 6.61 Å². The van der Waals surface area contributed by atoms with Crippen molar-refractivity contribution in [2.24, 2.45) is 0 Å². The van der Waals surface area contributed by atoms with E-state index in [0.29, 0.717) is 9.90 Å². The molecule has 1 heterocycles. The van der Waals surface area contributed by atoms with Crippen LogP contribution in [0.15, 0.2) is 36.4 Å². The van der Waals surface area contributed by atoms with E-state index in [0.717, 1.165) is 22.2 Å². The number of hydrogen-bond acceptors (Lipinski definition) is 5. The lowest BCUT2D eigenvalue weighted by Crippen LogP contribution is -2.40.